The van der Waals surface area contributed by atoms with E-state index < -0.39 is 0 Å². The van der Waals surface area contributed by atoms with Crippen LogP contribution in [0.1, 0.15) is 39.2 Å². The van der Waals surface area contributed by atoms with Gasteiger partial charge in [-0.05, 0) is 92.6 Å². The van der Waals surface area contributed by atoms with Gasteiger partial charge in [-0.2, -0.15) is 0 Å². The van der Waals surface area contributed by atoms with E-state index in [2.05, 4.69) is 15.2 Å². The number of nitrogens with zero attached hydrogens (tertiary/aromatic N) is 4. The van der Waals surface area contributed by atoms with E-state index in [9.17, 15) is 14.0 Å². The van der Waals surface area contributed by atoms with Crippen molar-refractivity contribution in [2.24, 2.45) is 11.8 Å². The number of carbonyl (C=O) groups is 2. The zero-order valence-electron chi connectivity index (χ0n) is 23.9. The maximum absolute atomic E-state index is 13.3. The van der Waals surface area contributed by atoms with Crippen LogP contribution >= 0.6 is 11.6 Å². The minimum Gasteiger partial charge on any atom is -0.338 e. The molecular formula is C32H37ClFN5O2. The molecule has 2 unspecified atom stereocenters. The van der Waals surface area contributed by atoms with Crippen molar-refractivity contribution in [2.45, 2.75) is 33.7 Å². The Labute approximate surface area is 246 Å². The lowest BCUT2D eigenvalue weighted by atomic mass is 10.0. The highest BCUT2D eigenvalue weighted by Gasteiger charge is 2.42. The van der Waals surface area contributed by atoms with Gasteiger partial charge in [-0.3, -0.25) is 14.7 Å². The molecule has 2 aliphatic rings. The average molecular weight is 578 g/mol. The van der Waals surface area contributed by atoms with Gasteiger partial charge in [0.25, 0.3) is 5.91 Å². The van der Waals surface area contributed by atoms with Crippen molar-refractivity contribution < 1.29 is 14.0 Å². The quantitative estimate of drug-likeness (QED) is 0.378. The standard InChI is InChI=1S/C32H37ClFN5O2/c1-21-5-10-28(15-29(21)33)39(32(41)36-16-24-6-8-27(34)9-7-24)14-4-13-37-17-25-19-38(20-26(25)18-37)31(40)30-22(2)11-12-35-23(30)3/h5-12,15,25-26H,4,13-14,16-20H2,1-3H3,(H,36,41). The number of pyridine rings is 1. The number of carbonyl (C=O) groups excluding carboxylic acids is 2. The number of fused-ring (bicyclic) bond motifs is 1. The normalized spacial score (nSPS) is 18.4. The fraction of sp³-hybridized carbons (Fsp3) is 0.406. The third-order valence-corrected chi connectivity index (χ3v) is 8.74. The summed E-state index contributed by atoms with van der Waals surface area (Å²) in [5, 5.41) is 3.58. The number of hydrogen-bond donors (Lipinski definition) is 1. The first-order valence-electron chi connectivity index (χ1n) is 14.2. The Morgan fingerprint density at radius 3 is 2.37 bits per heavy atom. The Balaban J connectivity index is 1.16. The molecule has 216 valence electrons. The zero-order valence-corrected chi connectivity index (χ0v) is 24.6. The summed E-state index contributed by atoms with van der Waals surface area (Å²) in [6, 6.07) is 13.4. The number of anilines is 1. The van der Waals surface area contributed by atoms with Crippen molar-refractivity contribution in [1.82, 2.24) is 20.1 Å². The number of amides is 3. The smallest absolute Gasteiger partial charge is 0.322 e. The van der Waals surface area contributed by atoms with E-state index in [1.54, 1.807) is 23.2 Å². The van der Waals surface area contributed by atoms with E-state index in [-0.39, 0.29) is 17.8 Å². The number of likely N-dealkylation sites (tertiary alicyclic amines) is 2. The maximum atomic E-state index is 13.3. The first kappa shape index (κ1) is 29.0. The molecule has 0 radical (unpaired) electrons. The largest absolute Gasteiger partial charge is 0.338 e. The molecule has 3 heterocycles. The monoisotopic (exact) mass is 577 g/mol. The van der Waals surface area contributed by atoms with Crippen LogP contribution in [0.25, 0.3) is 0 Å². The summed E-state index contributed by atoms with van der Waals surface area (Å²) in [6.45, 7) is 10.9. The predicted octanol–water partition coefficient (Wildman–Crippen LogP) is 5.61. The molecule has 9 heteroatoms. The van der Waals surface area contributed by atoms with E-state index in [0.717, 1.165) is 72.8 Å². The zero-order chi connectivity index (χ0) is 29.1. The summed E-state index contributed by atoms with van der Waals surface area (Å²) in [6.07, 6.45) is 2.55. The molecule has 5 rings (SSSR count). The van der Waals surface area contributed by atoms with E-state index >= 15 is 0 Å². The van der Waals surface area contributed by atoms with Crippen molar-refractivity contribution in [3.63, 3.8) is 0 Å². The molecule has 2 aliphatic heterocycles. The van der Waals surface area contributed by atoms with Crippen LogP contribution in [0.5, 0.6) is 0 Å². The molecule has 7 nitrogen and oxygen atoms in total. The summed E-state index contributed by atoms with van der Waals surface area (Å²) >= 11 is 6.40. The van der Waals surface area contributed by atoms with Crippen LogP contribution in [0.2, 0.25) is 5.02 Å². The molecular weight excluding hydrogens is 541 g/mol. The molecule has 2 aromatic carbocycles. The lowest BCUT2D eigenvalue weighted by Crippen LogP contribution is -2.41. The molecule has 2 saturated heterocycles. The highest BCUT2D eigenvalue weighted by molar-refractivity contribution is 6.31. The van der Waals surface area contributed by atoms with Crippen molar-refractivity contribution in [2.75, 3.05) is 44.2 Å². The van der Waals surface area contributed by atoms with Gasteiger partial charge in [0, 0.05) is 56.2 Å². The molecule has 41 heavy (non-hydrogen) atoms. The van der Waals surface area contributed by atoms with Crippen LogP contribution in [0.15, 0.2) is 54.7 Å². The first-order valence-corrected chi connectivity index (χ1v) is 14.6. The summed E-state index contributed by atoms with van der Waals surface area (Å²) in [7, 11) is 0. The number of aromatic nitrogens is 1. The minimum atomic E-state index is -0.306. The van der Waals surface area contributed by atoms with Crippen molar-refractivity contribution >= 4 is 29.2 Å². The SMILES string of the molecule is Cc1ccc(N(CCCN2CC3CN(C(=O)c4c(C)ccnc4C)CC3C2)C(=O)NCc2ccc(F)cc2)cc1Cl. The van der Waals surface area contributed by atoms with Gasteiger partial charge in [-0.25, -0.2) is 9.18 Å². The number of benzene rings is 2. The highest BCUT2D eigenvalue weighted by atomic mass is 35.5. The van der Waals surface area contributed by atoms with Gasteiger partial charge in [-0.1, -0.05) is 29.8 Å². The molecule has 1 N–H and O–H groups in total. The number of urea groups is 1. The maximum Gasteiger partial charge on any atom is 0.322 e. The van der Waals surface area contributed by atoms with E-state index in [1.165, 1.54) is 12.1 Å². The predicted molar refractivity (Wildman–Crippen MR) is 160 cm³/mol. The number of halogens is 2. The van der Waals surface area contributed by atoms with E-state index in [0.29, 0.717) is 29.9 Å². The second kappa shape index (κ2) is 12.6. The Morgan fingerprint density at radius 1 is 1.00 bits per heavy atom. The highest BCUT2D eigenvalue weighted by Crippen LogP contribution is 2.32. The van der Waals surface area contributed by atoms with Gasteiger partial charge in [0.1, 0.15) is 5.82 Å². The van der Waals surface area contributed by atoms with Crippen molar-refractivity contribution in [1.29, 1.82) is 0 Å². The topological polar surface area (TPSA) is 68.8 Å². The summed E-state index contributed by atoms with van der Waals surface area (Å²) in [5.74, 6) is 0.706. The fourth-order valence-corrected chi connectivity index (χ4v) is 6.21. The second-order valence-corrected chi connectivity index (χ2v) is 11.7. The van der Waals surface area contributed by atoms with Crippen LogP contribution in [0, 0.1) is 38.4 Å². The Bertz CT molecular complexity index is 1380. The van der Waals surface area contributed by atoms with Gasteiger partial charge in [0.05, 0.1) is 11.3 Å². The third kappa shape index (κ3) is 6.71. The Hall–Kier alpha value is -3.49. The summed E-state index contributed by atoms with van der Waals surface area (Å²) in [5.41, 5.74) is 5.01. The number of hydrogen-bond acceptors (Lipinski definition) is 4. The van der Waals surface area contributed by atoms with Gasteiger partial charge in [0.15, 0.2) is 0 Å². The van der Waals surface area contributed by atoms with Crippen LogP contribution in [0.4, 0.5) is 14.9 Å². The van der Waals surface area contributed by atoms with Crippen LogP contribution in [-0.2, 0) is 6.54 Å². The average Bonchev–Trinajstić information content (AvgIpc) is 3.51. The summed E-state index contributed by atoms with van der Waals surface area (Å²) in [4.78, 5) is 37.0. The van der Waals surface area contributed by atoms with E-state index in [4.69, 9.17) is 11.6 Å². The lowest BCUT2D eigenvalue weighted by Gasteiger charge is -2.26. The summed E-state index contributed by atoms with van der Waals surface area (Å²) < 4.78 is 13.3. The minimum absolute atomic E-state index is 0.0908. The van der Waals surface area contributed by atoms with Crippen LogP contribution in [-0.4, -0.2) is 66.0 Å². The first-order chi connectivity index (χ1) is 19.7. The van der Waals surface area contributed by atoms with Gasteiger partial charge in [0.2, 0.25) is 0 Å². The van der Waals surface area contributed by atoms with Crippen LogP contribution < -0.4 is 10.2 Å². The molecule has 0 aliphatic carbocycles. The van der Waals surface area contributed by atoms with Gasteiger partial charge >= 0.3 is 6.03 Å². The third-order valence-electron chi connectivity index (χ3n) is 8.34. The van der Waals surface area contributed by atoms with E-state index in [1.807, 2.05) is 49.9 Å². The van der Waals surface area contributed by atoms with Gasteiger partial charge in [-0.15, -0.1) is 0 Å². The molecule has 3 amide bonds. The number of nitrogens with one attached hydrogen (secondary N) is 1. The lowest BCUT2D eigenvalue weighted by molar-refractivity contribution is 0.0772. The molecule has 2 fully saturated rings. The molecule has 1 aromatic heterocycles. The second-order valence-electron chi connectivity index (χ2n) is 11.3. The Kier molecular flexibility index (Phi) is 8.90. The van der Waals surface area contributed by atoms with Crippen molar-refractivity contribution in [3.05, 3.63) is 93.5 Å². The molecule has 3 aromatic rings. The molecule has 0 saturated carbocycles. The Morgan fingerprint density at radius 2 is 1.71 bits per heavy atom. The molecule has 0 spiro atoms. The van der Waals surface area contributed by atoms with Gasteiger partial charge < -0.3 is 15.1 Å². The van der Waals surface area contributed by atoms with Crippen molar-refractivity contribution in [3.8, 4) is 0 Å². The number of aryl methyl sites for hydroxylation is 3. The number of rotatable bonds is 8. The van der Waals surface area contributed by atoms with Crippen LogP contribution in [0.3, 0.4) is 0 Å². The molecule has 0 bridgehead atoms. The fourth-order valence-electron chi connectivity index (χ4n) is 6.04. The molecule has 2 atom stereocenters.